The number of nitrogens with zero attached hydrogens (tertiary/aromatic N) is 1. The van der Waals surface area contributed by atoms with Gasteiger partial charge < -0.3 is 0 Å². The van der Waals surface area contributed by atoms with Crippen molar-refractivity contribution in [1.82, 2.24) is 4.98 Å². The van der Waals surface area contributed by atoms with Gasteiger partial charge in [0.1, 0.15) is 0 Å². The first kappa shape index (κ1) is 24.3. The van der Waals surface area contributed by atoms with E-state index < -0.39 is 0 Å². The number of aryl methyl sites for hydroxylation is 1. The standard InChI is InChI=1S/C32H26N2O2S/c1-2-9-28-29(24-16-14-23(15-17-24)22-10-5-3-6-11-22)33-32(37-28)34-31(36)27-20-18-26(19-21-27)30(35)25-12-7-4-8-13-25/h3-8,10-21H,2,9H2,1H3,(H,33,34,36). The second-order valence-electron chi connectivity index (χ2n) is 8.71. The van der Waals surface area contributed by atoms with Crippen molar-refractivity contribution < 1.29 is 9.59 Å². The molecule has 0 bridgehead atoms. The number of carbonyl (C=O) groups excluding carboxylic acids is 2. The zero-order valence-electron chi connectivity index (χ0n) is 20.5. The molecule has 37 heavy (non-hydrogen) atoms. The molecular formula is C32H26N2O2S. The molecule has 0 unspecified atom stereocenters. The van der Waals surface area contributed by atoms with Crippen molar-refractivity contribution in [1.29, 1.82) is 0 Å². The van der Waals surface area contributed by atoms with Crippen molar-refractivity contribution in [2.45, 2.75) is 19.8 Å². The molecule has 0 spiro atoms. The largest absolute Gasteiger partial charge is 0.298 e. The zero-order valence-corrected chi connectivity index (χ0v) is 21.3. The molecule has 0 aliphatic rings. The van der Waals surface area contributed by atoms with Crippen molar-refractivity contribution >= 4 is 28.2 Å². The van der Waals surface area contributed by atoms with Crippen LogP contribution in [-0.4, -0.2) is 16.7 Å². The Kier molecular flexibility index (Phi) is 7.33. The van der Waals surface area contributed by atoms with Gasteiger partial charge in [0.15, 0.2) is 10.9 Å². The van der Waals surface area contributed by atoms with Crippen molar-refractivity contribution in [2.24, 2.45) is 0 Å². The molecule has 4 aromatic carbocycles. The number of amides is 1. The fourth-order valence-electron chi connectivity index (χ4n) is 4.18. The summed E-state index contributed by atoms with van der Waals surface area (Å²) >= 11 is 1.51. The minimum absolute atomic E-state index is 0.0698. The lowest BCUT2D eigenvalue weighted by atomic mass is 10.0. The average molecular weight is 503 g/mol. The monoisotopic (exact) mass is 502 g/mol. The molecule has 5 heteroatoms. The first-order chi connectivity index (χ1) is 18.1. The van der Waals surface area contributed by atoms with E-state index in [4.69, 9.17) is 4.98 Å². The van der Waals surface area contributed by atoms with Gasteiger partial charge in [-0.05, 0) is 29.7 Å². The number of benzene rings is 4. The highest BCUT2D eigenvalue weighted by Gasteiger charge is 2.16. The van der Waals surface area contributed by atoms with Crippen LogP contribution in [0.4, 0.5) is 5.13 Å². The van der Waals surface area contributed by atoms with Gasteiger partial charge in [-0.1, -0.05) is 110 Å². The third kappa shape index (κ3) is 5.57. The van der Waals surface area contributed by atoms with Gasteiger partial charge in [-0.3, -0.25) is 14.9 Å². The van der Waals surface area contributed by atoms with E-state index in [1.807, 2.05) is 36.4 Å². The van der Waals surface area contributed by atoms with Crippen LogP contribution in [0, 0.1) is 0 Å². The highest BCUT2D eigenvalue weighted by atomic mass is 32.1. The molecule has 0 saturated carbocycles. The predicted molar refractivity (Wildman–Crippen MR) is 151 cm³/mol. The maximum Gasteiger partial charge on any atom is 0.257 e. The number of rotatable bonds is 8. The summed E-state index contributed by atoms with van der Waals surface area (Å²) in [5, 5.41) is 3.52. The van der Waals surface area contributed by atoms with Crippen LogP contribution < -0.4 is 5.32 Å². The lowest BCUT2D eigenvalue weighted by Crippen LogP contribution is -2.12. The lowest BCUT2D eigenvalue weighted by molar-refractivity contribution is 0.102. The highest BCUT2D eigenvalue weighted by Crippen LogP contribution is 2.33. The molecule has 1 amide bonds. The number of ketones is 1. The molecule has 0 saturated heterocycles. The molecule has 5 rings (SSSR count). The van der Waals surface area contributed by atoms with E-state index in [2.05, 4.69) is 48.6 Å². The molecule has 5 aromatic rings. The van der Waals surface area contributed by atoms with Gasteiger partial charge in [0.25, 0.3) is 5.91 Å². The molecule has 182 valence electrons. The summed E-state index contributed by atoms with van der Waals surface area (Å²) in [6, 6.07) is 34.5. The molecule has 0 aliphatic heterocycles. The van der Waals surface area contributed by atoms with E-state index in [9.17, 15) is 9.59 Å². The highest BCUT2D eigenvalue weighted by molar-refractivity contribution is 7.16. The van der Waals surface area contributed by atoms with Crippen molar-refractivity contribution in [3.63, 3.8) is 0 Å². The van der Waals surface area contributed by atoms with Gasteiger partial charge in [0, 0.05) is 27.1 Å². The number of nitrogens with one attached hydrogen (secondary N) is 1. The number of carbonyl (C=O) groups is 2. The van der Waals surface area contributed by atoms with Crippen LogP contribution in [0.5, 0.6) is 0 Å². The van der Waals surface area contributed by atoms with Crippen LogP contribution in [0.15, 0.2) is 109 Å². The maximum atomic E-state index is 13.0. The number of hydrogen-bond acceptors (Lipinski definition) is 4. The van der Waals surface area contributed by atoms with Crippen LogP contribution >= 0.6 is 11.3 Å². The Hall–Kier alpha value is -4.35. The average Bonchev–Trinajstić information content (AvgIpc) is 3.36. The summed E-state index contributed by atoms with van der Waals surface area (Å²) in [5.41, 5.74) is 5.91. The van der Waals surface area contributed by atoms with E-state index in [1.165, 1.54) is 16.9 Å². The predicted octanol–water partition coefficient (Wildman–Crippen LogP) is 7.91. The third-order valence-electron chi connectivity index (χ3n) is 6.11. The smallest absolute Gasteiger partial charge is 0.257 e. The number of hydrogen-bond donors (Lipinski definition) is 1. The first-order valence-corrected chi connectivity index (χ1v) is 13.1. The molecule has 0 aliphatic carbocycles. The Bertz CT molecular complexity index is 1510. The van der Waals surface area contributed by atoms with Gasteiger partial charge in [0.2, 0.25) is 0 Å². The second kappa shape index (κ2) is 11.1. The van der Waals surface area contributed by atoms with Crippen LogP contribution in [0.3, 0.4) is 0 Å². The Morgan fingerprint density at radius 3 is 1.86 bits per heavy atom. The quantitative estimate of drug-likeness (QED) is 0.219. The van der Waals surface area contributed by atoms with Crippen molar-refractivity contribution in [2.75, 3.05) is 5.32 Å². The van der Waals surface area contributed by atoms with Gasteiger partial charge in [-0.25, -0.2) is 4.98 Å². The molecule has 1 aromatic heterocycles. The van der Waals surface area contributed by atoms with Crippen LogP contribution in [0.1, 0.15) is 44.5 Å². The zero-order chi connectivity index (χ0) is 25.6. The third-order valence-corrected chi connectivity index (χ3v) is 7.14. The first-order valence-electron chi connectivity index (χ1n) is 12.3. The molecule has 1 N–H and O–H groups in total. The Balaban J connectivity index is 1.33. The molecule has 0 atom stereocenters. The van der Waals surface area contributed by atoms with E-state index in [0.717, 1.165) is 34.5 Å². The SMILES string of the molecule is CCCc1sc(NC(=O)c2ccc(C(=O)c3ccccc3)cc2)nc1-c1ccc(-c2ccccc2)cc1. The maximum absolute atomic E-state index is 13.0. The number of anilines is 1. The number of aromatic nitrogens is 1. The van der Waals surface area contributed by atoms with Crippen molar-refractivity contribution in [3.8, 4) is 22.4 Å². The lowest BCUT2D eigenvalue weighted by Gasteiger charge is -2.05. The number of thiazole rings is 1. The summed E-state index contributed by atoms with van der Waals surface area (Å²) in [7, 11) is 0. The fraction of sp³-hybridized carbons (Fsp3) is 0.0938. The molecule has 1 heterocycles. The Labute approximate surface area is 220 Å². The van der Waals surface area contributed by atoms with E-state index in [0.29, 0.717) is 21.8 Å². The second-order valence-corrected chi connectivity index (χ2v) is 9.79. The summed E-state index contributed by atoms with van der Waals surface area (Å²) < 4.78 is 0. The minimum atomic E-state index is -0.249. The van der Waals surface area contributed by atoms with Crippen LogP contribution in [-0.2, 0) is 6.42 Å². The minimum Gasteiger partial charge on any atom is -0.298 e. The Morgan fingerprint density at radius 1 is 0.676 bits per heavy atom. The van der Waals surface area contributed by atoms with E-state index in [1.54, 1.807) is 36.4 Å². The van der Waals surface area contributed by atoms with Gasteiger partial charge in [0.05, 0.1) is 5.69 Å². The molecule has 0 radical (unpaired) electrons. The Morgan fingerprint density at radius 2 is 1.22 bits per heavy atom. The molecular weight excluding hydrogens is 476 g/mol. The van der Waals surface area contributed by atoms with Crippen molar-refractivity contribution in [3.05, 3.63) is 131 Å². The van der Waals surface area contributed by atoms with Crippen LogP contribution in [0.2, 0.25) is 0 Å². The fourth-order valence-corrected chi connectivity index (χ4v) is 5.26. The summed E-state index contributed by atoms with van der Waals surface area (Å²) in [6.45, 7) is 2.14. The van der Waals surface area contributed by atoms with Crippen LogP contribution in [0.25, 0.3) is 22.4 Å². The van der Waals surface area contributed by atoms with Gasteiger partial charge >= 0.3 is 0 Å². The molecule has 4 nitrogen and oxygen atoms in total. The normalized spacial score (nSPS) is 10.7. The summed E-state index contributed by atoms with van der Waals surface area (Å²) in [6.07, 6.45) is 1.88. The summed E-state index contributed by atoms with van der Waals surface area (Å²) in [4.78, 5) is 31.5. The van der Waals surface area contributed by atoms with E-state index >= 15 is 0 Å². The molecule has 0 fully saturated rings. The summed E-state index contributed by atoms with van der Waals surface area (Å²) in [5.74, 6) is -0.318. The topological polar surface area (TPSA) is 59.1 Å². The van der Waals surface area contributed by atoms with E-state index in [-0.39, 0.29) is 11.7 Å². The van der Waals surface area contributed by atoms with Gasteiger partial charge in [-0.2, -0.15) is 0 Å². The van der Waals surface area contributed by atoms with Gasteiger partial charge in [-0.15, -0.1) is 11.3 Å².